The molecule has 0 bridgehead atoms. The predicted molar refractivity (Wildman–Crippen MR) is 291 cm³/mol. The number of phenolic OH excluding ortho intramolecular Hbond substituents is 5. The second kappa shape index (κ2) is 26.5. The fourth-order valence-electron chi connectivity index (χ4n) is 8.45. The maximum absolute atomic E-state index is 13.4. The van der Waals surface area contributed by atoms with Gasteiger partial charge in [-0.2, -0.15) is 0 Å². The van der Waals surface area contributed by atoms with Gasteiger partial charge >= 0.3 is 0 Å². The van der Waals surface area contributed by atoms with Gasteiger partial charge in [-0.15, -0.1) is 0 Å². The lowest BCUT2D eigenvalue weighted by molar-refractivity contribution is -0.114. The smallest absolute Gasteiger partial charge is 0.260 e. The van der Waals surface area contributed by atoms with Crippen LogP contribution in [0.25, 0.3) is 0 Å². The number of anilines is 5. The molecule has 8 N–H and O–H groups in total. The maximum atomic E-state index is 13.4. The van der Waals surface area contributed by atoms with Crippen molar-refractivity contribution in [3.05, 3.63) is 108 Å². The Morgan fingerprint density at radius 2 is 1.42 bits per heavy atom. The lowest BCUT2D eigenvalue weighted by atomic mass is 9.97. The minimum absolute atomic E-state index is 0.101. The second-order valence-corrected chi connectivity index (χ2v) is 20.7. The summed E-state index contributed by atoms with van der Waals surface area (Å²) in [7, 11) is 0. The molecule has 14 heteroatoms. The second-order valence-electron chi connectivity index (χ2n) is 20.7. The van der Waals surface area contributed by atoms with Crippen LogP contribution in [-0.2, 0) is 14.3 Å². The molecule has 2 atom stereocenters. The molecule has 0 aromatic heterocycles. The first-order chi connectivity index (χ1) is 33.9. The highest BCUT2D eigenvalue weighted by Crippen LogP contribution is 2.48. The van der Waals surface area contributed by atoms with Crippen molar-refractivity contribution in [2.45, 2.75) is 144 Å². The van der Waals surface area contributed by atoms with Gasteiger partial charge in [0.1, 0.15) is 46.2 Å². The van der Waals surface area contributed by atoms with E-state index in [0.717, 1.165) is 50.0 Å². The summed E-state index contributed by atoms with van der Waals surface area (Å²) in [5.41, 5.74) is 4.28. The van der Waals surface area contributed by atoms with Crippen molar-refractivity contribution in [2.75, 3.05) is 46.7 Å². The zero-order valence-electron chi connectivity index (χ0n) is 44.4. The molecule has 0 radical (unpaired) electrons. The number of aliphatic hydroxyl groups excluding tert-OH is 1. The summed E-state index contributed by atoms with van der Waals surface area (Å²) in [5.74, 6) is -0.0193. The molecule has 6 rings (SSSR count). The largest absolute Gasteiger partial charge is 0.508 e. The van der Waals surface area contributed by atoms with Crippen LogP contribution < -0.4 is 20.4 Å². The molecular formula is C58H82N4O10. The van der Waals surface area contributed by atoms with Crippen molar-refractivity contribution in [2.24, 2.45) is 11.8 Å². The summed E-state index contributed by atoms with van der Waals surface area (Å²) in [6.45, 7) is 30.3. The lowest BCUT2D eigenvalue weighted by Gasteiger charge is -2.26. The Morgan fingerprint density at radius 1 is 0.819 bits per heavy atom. The number of aliphatic hydroxyl groups is 1. The van der Waals surface area contributed by atoms with E-state index in [9.17, 15) is 35.1 Å². The van der Waals surface area contributed by atoms with Crippen LogP contribution in [-0.4, -0.2) is 86.1 Å². The summed E-state index contributed by atoms with van der Waals surface area (Å²) >= 11 is 0. The topological polar surface area (TPSA) is 208 Å². The number of nitrogens with one attached hydrogen (secondary N) is 2. The molecule has 3 aromatic rings. The van der Waals surface area contributed by atoms with E-state index < -0.39 is 0 Å². The van der Waals surface area contributed by atoms with Crippen molar-refractivity contribution in [3.8, 4) is 28.7 Å². The lowest BCUT2D eigenvalue weighted by Crippen LogP contribution is -2.36. The predicted octanol–water partition coefficient (Wildman–Crippen LogP) is 12.7. The Labute approximate surface area is 428 Å². The molecule has 394 valence electrons. The van der Waals surface area contributed by atoms with E-state index in [-0.39, 0.29) is 93.5 Å². The molecule has 1 saturated heterocycles. The SMILES string of the molecule is C/C(=C\CN1C(=O)c2cccc(O)c2Nc2c(O)cc(O)cc21)CCOC(C)(C)CCCC(C)C.C/C=C\CO.C=C1Nc2c(O)cc(O)cc2N(CC2OC2(C)CC/C=C(\C)CCCC(C)C)C(=O)C1=C. The normalized spacial score (nSPS) is 17.8. The number of rotatable bonds is 20. The number of hydrogen-bond donors (Lipinski definition) is 8. The maximum Gasteiger partial charge on any atom is 0.260 e. The van der Waals surface area contributed by atoms with Crippen molar-refractivity contribution < 1.29 is 49.7 Å². The number of carbonyl (C=O) groups excluding carboxylic acids is 2. The van der Waals surface area contributed by atoms with Gasteiger partial charge in [0, 0.05) is 36.5 Å². The van der Waals surface area contributed by atoms with Gasteiger partial charge in [-0.3, -0.25) is 9.59 Å². The van der Waals surface area contributed by atoms with Gasteiger partial charge in [0.05, 0.1) is 59.2 Å². The van der Waals surface area contributed by atoms with Crippen LogP contribution in [0, 0.1) is 11.8 Å². The van der Waals surface area contributed by atoms with Gasteiger partial charge in [-0.05, 0) is 104 Å². The monoisotopic (exact) mass is 995 g/mol. The molecule has 3 heterocycles. The van der Waals surface area contributed by atoms with Gasteiger partial charge in [0.25, 0.3) is 11.8 Å². The Balaban J connectivity index is 0.000000286. The van der Waals surface area contributed by atoms with Crippen molar-refractivity contribution in [1.29, 1.82) is 0 Å². The van der Waals surface area contributed by atoms with Crippen LogP contribution >= 0.6 is 0 Å². The van der Waals surface area contributed by atoms with Crippen molar-refractivity contribution in [3.63, 3.8) is 0 Å². The van der Waals surface area contributed by atoms with Gasteiger partial charge < -0.3 is 60.5 Å². The number of nitrogens with zero attached hydrogens (tertiary/aromatic N) is 2. The van der Waals surface area contributed by atoms with E-state index in [1.807, 2.05) is 19.9 Å². The van der Waals surface area contributed by atoms with E-state index in [2.05, 4.69) is 85.3 Å². The van der Waals surface area contributed by atoms with Crippen molar-refractivity contribution >= 4 is 40.3 Å². The first-order valence-electron chi connectivity index (χ1n) is 25.3. The van der Waals surface area contributed by atoms with Crippen LogP contribution in [0.15, 0.2) is 102 Å². The number of ether oxygens (including phenoxy) is 2. The number of allylic oxidation sites excluding steroid dienone is 3. The molecule has 0 spiro atoms. The highest BCUT2D eigenvalue weighted by Gasteiger charge is 2.53. The Bertz CT molecular complexity index is 2470. The zero-order chi connectivity index (χ0) is 53.5. The van der Waals surface area contributed by atoms with Gasteiger partial charge in [0.2, 0.25) is 0 Å². The van der Waals surface area contributed by atoms with Crippen LogP contribution in [0.3, 0.4) is 0 Å². The summed E-state index contributed by atoms with van der Waals surface area (Å²) in [5, 5.41) is 65.1. The number of amides is 2. The van der Waals surface area contributed by atoms with Gasteiger partial charge in [-0.1, -0.05) is 102 Å². The quantitative estimate of drug-likeness (QED) is 0.0175. The number of para-hydroxylation sites is 1. The molecule has 1 fully saturated rings. The number of fused-ring (bicyclic) bond motifs is 3. The third-order valence-corrected chi connectivity index (χ3v) is 13.0. The Kier molecular flexibility index (Phi) is 21.5. The molecule has 2 unspecified atom stereocenters. The molecule has 72 heavy (non-hydrogen) atoms. The molecule has 14 nitrogen and oxygen atoms in total. The van der Waals surface area contributed by atoms with Gasteiger partial charge in [0.15, 0.2) is 0 Å². The molecular weight excluding hydrogens is 913 g/mol. The van der Waals surface area contributed by atoms with Crippen LogP contribution in [0.2, 0.25) is 0 Å². The Hall–Kier alpha value is -6.22. The number of epoxide rings is 1. The average molecular weight is 995 g/mol. The summed E-state index contributed by atoms with van der Waals surface area (Å²) in [4.78, 5) is 29.5. The summed E-state index contributed by atoms with van der Waals surface area (Å²) < 4.78 is 12.1. The van der Waals surface area contributed by atoms with E-state index in [4.69, 9.17) is 14.6 Å². The third kappa shape index (κ3) is 16.7. The summed E-state index contributed by atoms with van der Waals surface area (Å²) in [6.07, 6.45) is 17.0. The highest BCUT2D eigenvalue weighted by molar-refractivity contribution is 6.15. The molecule has 0 aliphatic carbocycles. The Morgan fingerprint density at radius 3 is 2.01 bits per heavy atom. The number of phenols is 5. The first kappa shape index (κ1) is 58.4. The molecule has 3 aliphatic heterocycles. The standard InChI is InChI=1S/C28H38N2O5.C26H36N2O4.C4H8O/c1-18(2)8-7-13-28(4,5)35-15-12-19(3)11-14-30-22-16-20(31)17-24(33)26(22)29-25-21(27(30)34)9-6-10-23(25)32;1-16(2)9-7-10-17(3)11-8-12-26(6)23(32-26)15-28-21-13-20(29)14-22(30)24(21)27-19(5)18(4)25(28)31;1-2-3-4-5/h6,9-11,16-18,29,31-33H,7-8,12-15H2,1-5H3;11,13-14,16,23,27,29-30H,4-5,7-10,12,15H2,1-3,6H3;2-3,5H,4H2,1H3/b19-11+;17-11+;3-2-. The fourth-order valence-corrected chi connectivity index (χ4v) is 8.45. The summed E-state index contributed by atoms with van der Waals surface area (Å²) in [6, 6.07) is 9.99. The molecule has 2 amide bonds. The van der Waals surface area contributed by atoms with Crippen LogP contribution in [0.1, 0.15) is 137 Å². The first-order valence-corrected chi connectivity index (χ1v) is 25.3. The third-order valence-electron chi connectivity index (χ3n) is 13.0. The number of aromatic hydroxyl groups is 5. The van der Waals surface area contributed by atoms with Crippen LogP contribution in [0.5, 0.6) is 28.7 Å². The fraction of sp³-hybridized carbons (Fsp3) is 0.483. The van der Waals surface area contributed by atoms with E-state index in [1.165, 1.54) is 65.0 Å². The molecule has 3 aliphatic rings. The van der Waals surface area contributed by atoms with E-state index in [1.54, 1.807) is 24.3 Å². The van der Waals surface area contributed by atoms with Crippen molar-refractivity contribution in [1.82, 2.24) is 0 Å². The highest BCUT2D eigenvalue weighted by atomic mass is 16.6. The molecule has 3 aromatic carbocycles. The number of carbonyl (C=O) groups is 2. The minimum atomic E-state index is -0.348. The van der Waals surface area contributed by atoms with Crippen LogP contribution in [0.4, 0.5) is 28.4 Å². The van der Waals surface area contributed by atoms with E-state index in [0.29, 0.717) is 41.8 Å². The number of hydrogen-bond acceptors (Lipinski definition) is 12. The average Bonchev–Trinajstić information content (AvgIpc) is 3.98. The van der Waals surface area contributed by atoms with Gasteiger partial charge in [-0.25, -0.2) is 0 Å². The minimum Gasteiger partial charge on any atom is -0.508 e. The zero-order valence-corrected chi connectivity index (χ0v) is 44.4. The van der Waals surface area contributed by atoms with E-state index >= 15 is 0 Å². The number of benzene rings is 3. The molecule has 0 saturated carbocycles.